The molecule has 0 spiro atoms. The maximum Gasteiger partial charge on any atom is 0.316 e. The van der Waals surface area contributed by atoms with Crippen LogP contribution in [0.5, 0.6) is 0 Å². The van der Waals surface area contributed by atoms with Crippen molar-refractivity contribution in [2.24, 2.45) is 11.8 Å². The van der Waals surface area contributed by atoms with Gasteiger partial charge in [0.15, 0.2) is 5.78 Å². The van der Waals surface area contributed by atoms with Crippen LogP contribution < -0.4 is 0 Å². The van der Waals surface area contributed by atoms with E-state index in [2.05, 4.69) is 9.97 Å². The van der Waals surface area contributed by atoms with Gasteiger partial charge in [0.05, 0.1) is 43.3 Å². The first-order valence-electron chi connectivity index (χ1n) is 9.73. The molecule has 0 aliphatic carbocycles. The molecule has 10 nitrogen and oxygen atoms in total. The Kier molecular flexibility index (Phi) is 7.40. The number of carbonyl (C=O) groups is 3. The van der Waals surface area contributed by atoms with Gasteiger partial charge < -0.3 is 20.1 Å². The van der Waals surface area contributed by atoms with Gasteiger partial charge in [0.25, 0.3) is 0 Å². The maximum absolute atomic E-state index is 13.2. The first-order valence-corrected chi connectivity index (χ1v) is 9.73. The van der Waals surface area contributed by atoms with E-state index in [9.17, 15) is 24.6 Å². The van der Waals surface area contributed by atoms with Gasteiger partial charge >= 0.3 is 11.9 Å². The van der Waals surface area contributed by atoms with Crippen molar-refractivity contribution in [1.29, 1.82) is 0 Å². The minimum absolute atomic E-state index is 0.0694. The number of hydrogen-bond acceptors (Lipinski definition) is 8. The highest BCUT2D eigenvalue weighted by atomic mass is 16.5. The summed E-state index contributed by atoms with van der Waals surface area (Å²) in [6, 6.07) is 7.83. The summed E-state index contributed by atoms with van der Waals surface area (Å²) in [5, 5.41) is 28.7. The molecule has 3 rings (SSSR count). The molecule has 0 saturated carbocycles. The van der Waals surface area contributed by atoms with Crippen LogP contribution in [0.1, 0.15) is 23.5 Å². The number of Topliss-reactive ketones (excluding diaryl/α,β-unsaturated/α-hetero) is 1. The number of carboxylic acid groups (broad SMARTS) is 2. The monoisotopic (exact) mass is 429 g/mol. The number of carboxylic acids is 2. The molecule has 3 heterocycles. The lowest BCUT2D eigenvalue weighted by molar-refractivity contribution is -0.166. The largest absolute Gasteiger partial charge is 0.481 e. The van der Waals surface area contributed by atoms with Gasteiger partial charge in [0, 0.05) is 18.9 Å². The van der Waals surface area contributed by atoms with E-state index in [1.54, 1.807) is 41.3 Å². The Labute approximate surface area is 178 Å². The SMILES string of the molecule is O=C(O)C1C(=O)C(C(=O)O)[C@H](c2ccccn2)N(CCOCCO)[C@@H]1c1ccccn1. The Morgan fingerprint density at radius 2 is 1.42 bits per heavy atom. The van der Waals surface area contributed by atoms with E-state index >= 15 is 0 Å². The summed E-state index contributed by atoms with van der Waals surface area (Å²) in [4.78, 5) is 47.6. The van der Waals surface area contributed by atoms with Crippen molar-refractivity contribution in [2.45, 2.75) is 12.1 Å². The Bertz CT molecular complexity index is 842. The van der Waals surface area contributed by atoms with E-state index in [0.717, 1.165) is 0 Å². The van der Waals surface area contributed by atoms with Gasteiger partial charge in [-0.3, -0.25) is 29.3 Å². The van der Waals surface area contributed by atoms with Crippen LogP contribution in [0, 0.1) is 11.8 Å². The lowest BCUT2D eigenvalue weighted by atomic mass is 9.74. The Morgan fingerprint density at radius 3 is 1.81 bits per heavy atom. The molecule has 10 heteroatoms. The zero-order chi connectivity index (χ0) is 22.4. The number of aromatic nitrogens is 2. The maximum atomic E-state index is 13.2. The van der Waals surface area contributed by atoms with Gasteiger partial charge in [0.1, 0.15) is 11.8 Å². The molecule has 31 heavy (non-hydrogen) atoms. The van der Waals surface area contributed by atoms with Crippen molar-refractivity contribution in [3.63, 3.8) is 0 Å². The topological polar surface area (TPSA) is 150 Å². The molecule has 3 N–H and O–H groups in total. The molecule has 2 aromatic heterocycles. The first-order chi connectivity index (χ1) is 15.0. The fraction of sp³-hybridized carbons (Fsp3) is 0.381. The van der Waals surface area contributed by atoms with E-state index in [4.69, 9.17) is 9.84 Å². The summed E-state index contributed by atoms with van der Waals surface area (Å²) in [6.45, 7) is 0.0603. The van der Waals surface area contributed by atoms with Crippen LogP contribution in [-0.4, -0.2) is 74.3 Å². The molecule has 1 fully saturated rings. The first kappa shape index (κ1) is 22.5. The van der Waals surface area contributed by atoms with E-state index in [1.165, 1.54) is 12.4 Å². The van der Waals surface area contributed by atoms with E-state index < -0.39 is 41.6 Å². The minimum atomic E-state index is -1.63. The molecule has 0 radical (unpaired) electrons. The molecular formula is C21H23N3O7. The molecule has 4 atom stereocenters. The summed E-state index contributed by atoms with van der Waals surface area (Å²) in [5.41, 5.74) is 0.658. The third-order valence-corrected chi connectivity index (χ3v) is 5.20. The van der Waals surface area contributed by atoms with Gasteiger partial charge in [-0.25, -0.2) is 0 Å². The number of carbonyl (C=O) groups excluding carboxylic acids is 1. The molecule has 164 valence electrons. The normalized spacial score (nSPS) is 24.1. The van der Waals surface area contributed by atoms with Gasteiger partial charge in [-0.1, -0.05) is 12.1 Å². The number of rotatable bonds is 9. The second-order valence-corrected chi connectivity index (χ2v) is 7.01. The molecular weight excluding hydrogens is 406 g/mol. The third-order valence-electron chi connectivity index (χ3n) is 5.20. The van der Waals surface area contributed by atoms with Crippen molar-refractivity contribution in [3.8, 4) is 0 Å². The summed E-state index contributed by atoms with van der Waals surface area (Å²) >= 11 is 0. The van der Waals surface area contributed by atoms with Crippen LogP contribution in [-0.2, 0) is 19.1 Å². The number of ether oxygens (including phenoxy) is 1. The van der Waals surface area contributed by atoms with E-state index in [0.29, 0.717) is 11.4 Å². The number of nitrogens with zero attached hydrogens (tertiary/aromatic N) is 3. The number of ketones is 1. The number of aliphatic carboxylic acids is 2. The lowest BCUT2D eigenvalue weighted by Gasteiger charge is -2.46. The molecule has 0 aromatic carbocycles. The molecule has 2 unspecified atom stereocenters. The van der Waals surface area contributed by atoms with E-state index in [-0.39, 0.29) is 26.4 Å². The van der Waals surface area contributed by atoms with Crippen LogP contribution in [0.15, 0.2) is 48.8 Å². The smallest absolute Gasteiger partial charge is 0.316 e. The highest BCUT2D eigenvalue weighted by molar-refractivity contribution is 6.09. The fourth-order valence-electron chi connectivity index (χ4n) is 3.97. The molecule has 1 aliphatic heterocycles. The number of likely N-dealkylation sites (tertiary alicyclic amines) is 1. The average molecular weight is 429 g/mol. The second-order valence-electron chi connectivity index (χ2n) is 7.01. The Morgan fingerprint density at radius 1 is 0.903 bits per heavy atom. The zero-order valence-electron chi connectivity index (χ0n) is 16.6. The lowest BCUT2D eigenvalue weighted by Crippen LogP contribution is -2.56. The zero-order valence-corrected chi connectivity index (χ0v) is 16.6. The third kappa shape index (κ3) is 4.76. The summed E-state index contributed by atoms with van der Waals surface area (Å²) in [5.74, 6) is -7.01. The summed E-state index contributed by atoms with van der Waals surface area (Å²) in [7, 11) is 0. The van der Waals surface area contributed by atoms with Gasteiger partial charge in [-0.05, 0) is 24.3 Å². The van der Waals surface area contributed by atoms with Crippen molar-refractivity contribution < 1.29 is 34.4 Å². The number of aliphatic hydroxyl groups excluding tert-OH is 1. The Hall–Kier alpha value is -3.21. The molecule has 2 aromatic rings. The van der Waals surface area contributed by atoms with Crippen LogP contribution in [0.3, 0.4) is 0 Å². The molecule has 1 aliphatic rings. The molecule has 0 amide bonds. The summed E-state index contributed by atoms with van der Waals surface area (Å²) < 4.78 is 5.36. The summed E-state index contributed by atoms with van der Waals surface area (Å²) in [6.07, 6.45) is 2.97. The van der Waals surface area contributed by atoms with Gasteiger partial charge in [-0.15, -0.1) is 0 Å². The minimum Gasteiger partial charge on any atom is -0.481 e. The average Bonchev–Trinajstić information content (AvgIpc) is 2.77. The predicted octanol–water partition coefficient (Wildman–Crippen LogP) is 0.554. The molecule has 1 saturated heterocycles. The number of piperidine rings is 1. The highest BCUT2D eigenvalue weighted by Crippen LogP contribution is 2.45. The van der Waals surface area contributed by atoms with Crippen LogP contribution in [0.25, 0.3) is 0 Å². The number of aliphatic hydroxyl groups is 1. The van der Waals surface area contributed by atoms with Gasteiger partial charge in [0.2, 0.25) is 0 Å². The van der Waals surface area contributed by atoms with Crippen molar-refractivity contribution in [3.05, 3.63) is 60.2 Å². The van der Waals surface area contributed by atoms with Crippen molar-refractivity contribution >= 4 is 17.7 Å². The van der Waals surface area contributed by atoms with Gasteiger partial charge in [-0.2, -0.15) is 0 Å². The fourth-order valence-corrected chi connectivity index (χ4v) is 3.97. The van der Waals surface area contributed by atoms with Crippen LogP contribution >= 0.6 is 0 Å². The quantitative estimate of drug-likeness (QED) is 0.381. The van der Waals surface area contributed by atoms with Crippen LogP contribution in [0.4, 0.5) is 0 Å². The van der Waals surface area contributed by atoms with Crippen molar-refractivity contribution in [1.82, 2.24) is 14.9 Å². The predicted molar refractivity (Wildman–Crippen MR) is 106 cm³/mol. The number of pyridine rings is 2. The molecule has 0 bridgehead atoms. The highest BCUT2D eigenvalue weighted by Gasteiger charge is 2.56. The Balaban J connectivity index is 2.15. The van der Waals surface area contributed by atoms with Crippen molar-refractivity contribution in [2.75, 3.05) is 26.4 Å². The van der Waals surface area contributed by atoms with Crippen LogP contribution in [0.2, 0.25) is 0 Å². The number of hydrogen-bond donors (Lipinski definition) is 3. The standard InChI is InChI=1S/C21H23N3O7/c25-10-12-31-11-9-24-17(13-5-1-3-7-22-13)15(20(27)28)19(26)16(21(29)30)18(24)14-6-2-4-8-23-14/h1-8,15-18,25H,9-12H2,(H,27,28)(H,29,30)/t15?,16?,17-,18+. The second kappa shape index (κ2) is 10.2. The van der Waals surface area contributed by atoms with E-state index in [1.807, 2.05) is 0 Å².